The Morgan fingerprint density at radius 1 is 1.37 bits per heavy atom. The van der Waals surface area contributed by atoms with Gasteiger partial charge >= 0.3 is 0 Å². The van der Waals surface area contributed by atoms with Gasteiger partial charge in [0.25, 0.3) is 0 Å². The summed E-state index contributed by atoms with van der Waals surface area (Å²) in [5.74, 6) is 0.288. The van der Waals surface area contributed by atoms with Crippen molar-refractivity contribution in [2.75, 3.05) is 19.7 Å². The molecule has 0 bridgehead atoms. The molecular formula is C15H22FNO2. The lowest BCUT2D eigenvalue weighted by Gasteiger charge is -2.16. The zero-order chi connectivity index (χ0) is 13.7. The van der Waals surface area contributed by atoms with Crippen LogP contribution in [0.15, 0.2) is 24.3 Å². The van der Waals surface area contributed by atoms with Crippen molar-refractivity contribution in [2.24, 2.45) is 5.41 Å². The van der Waals surface area contributed by atoms with E-state index in [1.807, 2.05) is 0 Å². The summed E-state index contributed by atoms with van der Waals surface area (Å²) in [7, 11) is 0. The Bertz CT molecular complexity index is 390. The van der Waals surface area contributed by atoms with Crippen molar-refractivity contribution in [1.82, 2.24) is 5.32 Å². The Balaban J connectivity index is 1.61. The van der Waals surface area contributed by atoms with Crippen LogP contribution in [0, 0.1) is 11.2 Å². The van der Waals surface area contributed by atoms with Gasteiger partial charge in [0.1, 0.15) is 24.3 Å². The molecule has 0 amide bonds. The minimum atomic E-state index is -0.544. The van der Waals surface area contributed by atoms with Crippen LogP contribution in [0.5, 0.6) is 5.75 Å². The van der Waals surface area contributed by atoms with Crippen molar-refractivity contribution < 1.29 is 14.2 Å². The minimum Gasteiger partial charge on any atom is -0.491 e. The van der Waals surface area contributed by atoms with Crippen LogP contribution < -0.4 is 10.1 Å². The molecule has 106 valence electrons. The maximum atomic E-state index is 12.7. The third-order valence-electron chi connectivity index (χ3n) is 3.84. The molecule has 0 heterocycles. The molecule has 0 radical (unpaired) electrons. The smallest absolute Gasteiger partial charge is 0.123 e. The number of hydrogen-bond acceptors (Lipinski definition) is 3. The quantitative estimate of drug-likeness (QED) is 0.759. The summed E-state index contributed by atoms with van der Waals surface area (Å²) in [5, 5.41) is 13.1. The topological polar surface area (TPSA) is 41.5 Å². The lowest BCUT2D eigenvalue weighted by molar-refractivity contribution is 0.105. The molecule has 1 atom stereocenters. The van der Waals surface area contributed by atoms with Gasteiger partial charge in [0.15, 0.2) is 0 Å². The molecule has 19 heavy (non-hydrogen) atoms. The standard InChI is InChI=1S/C15H22FNO2/c1-2-15(7-8-15)11-17-9-13(18)10-19-14-5-3-12(16)4-6-14/h3-6,13,17-18H,2,7-11H2,1H3. The first kappa shape index (κ1) is 14.3. The van der Waals surface area contributed by atoms with Gasteiger partial charge in [-0.3, -0.25) is 0 Å². The first-order valence-electron chi connectivity index (χ1n) is 6.91. The number of nitrogens with one attached hydrogen (secondary N) is 1. The summed E-state index contributed by atoms with van der Waals surface area (Å²) in [6.45, 7) is 3.93. The average molecular weight is 267 g/mol. The third-order valence-corrected chi connectivity index (χ3v) is 3.84. The summed E-state index contributed by atoms with van der Waals surface area (Å²) in [5.41, 5.74) is 0.484. The van der Waals surface area contributed by atoms with E-state index in [9.17, 15) is 9.50 Å². The molecule has 1 unspecified atom stereocenters. The molecule has 1 aliphatic carbocycles. The second kappa shape index (κ2) is 6.35. The van der Waals surface area contributed by atoms with E-state index in [-0.39, 0.29) is 12.4 Å². The Hall–Kier alpha value is -1.13. The van der Waals surface area contributed by atoms with E-state index in [1.54, 1.807) is 12.1 Å². The fourth-order valence-electron chi connectivity index (χ4n) is 2.12. The van der Waals surface area contributed by atoms with E-state index >= 15 is 0 Å². The molecule has 1 aromatic carbocycles. The molecule has 2 N–H and O–H groups in total. The zero-order valence-electron chi connectivity index (χ0n) is 11.4. The van der Waals surface area contributed by atoms with Gasteiger partial charge < -0.3 is 15.2 Å². The van der Waals surface area contributed by atoms with Crippen LogP contribution in [-0.4, -0.2) is 30.9 Å². The number of hydrogen-bond donors (Lipinski definition) is 2. The van der Waals surface area contributed by atoms with Crippen molar-refractivity contribution in [3.8, 4) is 5.75 Å². The number of ether oxygens (including phenoxy) is 1. The van der Waals surface area contributed by atoms with E-state index in [2.05, 4.69) is 12.2 Å². The van der Waals surface area contributed by atoms with E-state index in [0.29, 0.717) is 17.7 Å². The molecule has 0 aliphatic heterocycles. The number of halogens is 1. The Labute approximate surface area is 113 Å². The van der Waals surface area contributed by atoms with E-state index in [1.165, 1.54) is 31.4 Å². The van der Waals surface area contributed by atoms with Gasteiger partial charge in [0.05, 0.1) is 0 Å². The molecule has 1 aromatic rings. The number of aliphatic hydroxyl groups is 1. The van der Waals surface area contributed by atoms with Crippen LogP contribution in [0.25, 0.3) is 0 Å². The van der Waals surface area contributed by atoms with Gasteiger partial charge in [-0.05, 0) is 48.9 Å². The van der Waals surface area contributed by atoms with E-state index in [4.69, 9.17) is 4.74 Å². The number of rotatable bonds is 8. The lowest BCUT2D eigenvalue weighted by Crippen LogP contribution is -2.34. The summed E-state index contributed by atoms with van der Waals surface area (Å²) in [6, 6.07) is 5.81. The molecule has 4 heteroatoms. The highest BCUT2D eigenvalue weighted by Crippen LogP contribution is 2.47. The monoisotopic (exact) mass is 267 g/mol. The Kier molecular flexibility index (Phi) is 4.77. The molecular weight excluding hydrogens is 245 g/mol. The second-order valence-electron chi connectivity index (χ2n) is 5.40. The van der Waals surface area contributed by atoms with Crippen molar-refractivity contribution in [3.63, 3.8) is 0 Å². The number of benzene rings is 1. The maximum Gasteiger partial charge on any atom is 0.123 e. The zero-order valence-corrected chi connectivity index (χ0v) is 11.4. The van der Waals surface area contributed by atoms with Gasteiger partial charge in [0, 0.05) is 13.1 Å². The SMILES string of the molecule is CCC1(CNCC(O)COc2ccc(F)cc2)CC1. The molecule has 3 nitrogen and oxygen atoms in total. The van der Waals surface area contributed by atoms with Gasteiger partial charge in [-0.25, -0.2) is 4.39 Å². The van der Waals surface area contributed by atoms with Crippen molar-refractivity contribution in [2.45, 2.75) is 32.3 Å². The van der Waals surface area contributed by atoms with Crippen molar-refractivity contribution in [1.29, 1.82) is 0 Å². The Morgan fingerprint density at radius 3 is 2.63 bits per heavy atom. The molecule has 1 fully saturated rings. The summed E-state index contributed by atoms with van der Waals surface area (Å²) < 4.78 is 18.1. The summed E-state index contributed by atoms with van der Waals surface area (Å²) >= 11 is 0. The normalized spacial score (nSPS) is 18.1. The van der Waals surface area contributed by atoms with Gasteiger partial charge in [-0.1, -0.05) is 6.92 Å². The fourth-order valence-corrected chi connectivity index (χ4v) is 2.12. The minimum absolute atomic E-state index is 0.220. The van der Waals surface area contributed by atoms with Crippen LogP contribution >= 0.6 is 0 Å². The molecule has 0 spiro atoms. The maximum absolute atomic E-state index is 12.7. The van der Waals surface area contributed by atoms with Crippen LogP contribution in [-0.2, 0) is 0 Å². The van der Waals surface area contributed by atoms with Crippen LogP contribution in [0.2, 0.25) is 0 Å². The summed E-state index contributed by atoms with van der Waals surface area (Å²) in [4.78, 5) is 0. The van der Waals surface area contributed by atoms with Gasteiger partial charge in [0.2, 0.25) is 0 Å². The first-order valence-corrected chi connectivity index (χ1v) is 6.91. The molecule has 1 saturated carbocycles. The first-order chi connectivity index (χ1) is 9.13. The predicted octanol–water partition coefficient (Wildman–Crippen LogP) is 2.35. The summed E-state index contributed by atoms with van der Waals surface area (Å²) in [6.07, 6.45) is 3.23. The van der Waals surface area contributed by atoms with Crippen LogP contribution in [0.4, 0.5) is 4.39 Å². The largest absolute Gasteiger partial charge is 0.491 e. The number of aliphatic hydroxyl groups excluding tert-OH is 1. The highest BCUT2D eigenvalue weighted by Gasteiger charge is 2.39. The lowest BCUT2D eigenvalue weighted by atomic mass is 10.0. The van der Waals surface area contributed by atoms with E-state index in [0.717, 1.165) is 6.54 Å². The van der Waals surface area contributed by atoms with Gasteiger partial charge in [-0.15, -0.1) is 0 Å². The van der Waals surface area contributed by atoms with E-state index < -0.39 is 6.10 Å². The van der Waals surface area contributed by atoms with Crippen LogP contribution in [0.1, 0.15) is 26.2 Å². The van der Waals surface area contributed by atoms with Crippen molar-refractivity contribution >= 4 is 0 Å². The molecule has 0 aromatic heterocycles. The van der Waals surface area contributed by atoms with Gasteiger partial charge in [-0.2, -0.15) is 0 Å². The predicted molar refractivity (Wildman–Crippen MR) is 72.7 cm³/mol. The second-order valence-corrected chi connectivity index (χ2v) is 5.40. The van der Waals surface area contributed by atoms with Crippen LogP contribution in [0.3, 0.4) is 0 Å². The highest BCUT2D eigenvalue weighted by atomic mass is 19.1. The average Bonchev–Trinajstić information content (AvgIpc) is 3.19. The Morgan fingerprint density at radius 2 is 2.05 bits per heavy atom. The molecule has 1 aliphatic rings. The van der Waals surface area contributed by atoms with Crippen molar-refractivity contribution in [3.05, 3.63) is 30.1 Å². The highest BCUT2D eigenvalue weighted by molar-refractivity contribution is 5.22. The fraction of sp³-hybridized carbons (Fsp3) is 0.600. The molecule has 0 saturated heterocycles. The molecule has 2 rings (SSSR count). The third kappa shape index (κ3) is 4.48.